The van der Waals surface area contributed by atoms with Crippen LogP contribution in [0.25, 0.3) is 0 Å². The quantitative estimate of drug-likeness (QED) is 0.667. The van der Waals surface area contributed by atoms with Crippen molar-refractivity contribution in [3.05, 3.63) is 0 Å². The lowest BCUT2D eigenvalue weighted by Crippen LogP contribution is -2.48. The van der Waals surface area contributed by atoms with Gasteiger partial charge in [-0.05, 0) is 0 Å². The summed E-state index contributed by atoms with van der Waals surface area (Å²) in [6, 6.07) is -0.724. The molecule has 0 unspecified atom stereocenters. The summed E-state index contributed by atoms with van der Waals surface area (Å²) in [6.07, 6.45) is -0.386. The number of alkyl halides is 2. The van der Waals surface area contributed by atoms with Crippen molar-refractivity contribution >= 4 is 5.91 Å². The van der Waals surface area contributed by atoms with Crippen LogP contribution in [0.1, 0.15) is 6.42 Å². The molecule has 1 amide bonds. The lowest BCUT2D eigenvalue weighted by molar-refractivity contribution is -0.137. The maximum atomic E-state index is 12.9. The monoisotopic (exact) mass is 220 g/mol. The first-order valence-corrected chi connectivity index (χ1v) is 5.06. The first-order valence-electron chi connectivity index (χ1n) is 5.06. The summed E-state index contributed by atoms with van der Waals surface area (Å²) in [7, 11) is 0. The van der Waals surface area contributed by atoms with Crippen molar-refractivity contribution in [1.29, 1.82) is 0 Å². The summed E-state index contributed by atoms with van der Waals surface area (Å²) in [5, 5.41) is 2.56. The van der Waals surface area contributed by atoms with Crippen molar-refractivity contribution in [2.75, 3.05) is 32.8 Å². The lowest BCUT2D eigenvalue weighted by Gasteiger charge is -2.29. The lowest BCUT2D eigenvalue weighted by atomic mass is 10.1. The number of morpholine rings is 1. The Balaban J connectivity index is 1.90. The highest BCUT2D eigenvalue weighted by atomic mass is 19.3. The van der Waals surface area contributed by atoms with Crippen LogP contribution in [0.4, 0.5) is 8.78 Å². The van der Waals surface area contributed by atoms with Gasteiger partial charge in [0.1, 0.15) is 0 Å². The molecular weight excluding hydrogens is 206 g/mol. The Bertz CT molecular complexity index is 254. The molecule has 0 saturated carbocycles. The molecule has 2 rings (SSSR count). The fraction of sp³-hybridized carbons (Fsp3) is 0.889. The number of rotatable bonds is 1. The average Bonchev–Trinajstić information content (AvgIpc) is 2.59. The standard InChI is InChI=1S/C9H14F2N2O2/c10-9(11)5-7(12-6-9)8(14)13-1-3-15-4-2-13/h7,12H,1-6H2/t7-/m0/s1. The number of carbonyl (C=O) groups is 1. The summed E-state index contributed by atoms with van der Waals surface area (Å²) in [5.74, 6) is -2.97. The maximum absolute atomic E-state index is 12.9. The molecule has 2 aliphatic heterocycles. The van der Waals surface area contributed by atoms with Gasteiger partial charge in [0.2, 0.25) is 5.91 Å². The van der Waals surface area contributed by atoms with Crippen LogP contribution in [0.5, 0.6) is 0 Å². The third-order valence-electron chi connectivity index (χ3n) is 2.73. The van der Waals surface area contributed by atoms with Crippen LogP contribution in [0.15, 0.2) is 0 Å². The molecule has 0 aromatic heterocycles. The molecule has 0 radical (unpaired) electrons. The zero-order valence-corrected chi connectivity index (χ0v) is 8.34. The van der Waals surface area contributed by atoms with E-state index in [1.807, 2.05) is 0 Å². The third-order valence-corrected chi connectivity index (χ3v) is 2.73. The second-order valence-corrected chi connectivity index (χ2v) is 3.93. The molecule has 4 nitrogen and oxygen atoms in total. The Kier molecular flexibility index (Phi) is 2.88. The van der Waals surface area contributed by atoms with Gasteiger partial charge in [-0.3, -0.25) is 10.1 Å². The minimum absolute atomic E-state index is 0.226. The molecule has 0 aromatic carbocycles. The zero-order chi connectivity index (χ0) is 10.9. The number of ether oxygens (including phenoxy) is 1. The van der Waals surface area contributed by atoms with E-state index in [0.717, 1.165) is 0 Å². The van der Waals surface area contributed by atoms with E-state index in [1.165, 1.54) is 0 Å². The van der Waals surface area contributed by atoms with Gasteiger partial charge < -0.3 is 9.64 Å². The highest BCUT2D eigenvalue weighted by Crippen LogP contribution is 2.26. The molecule has 2 fully saturated rings. The van der Waals surface area contributed by atoms with Crippen molar-refractivity contribution in [1.82, 2.24) is 10.2 Å². The predicted octanol–water partition coefficient (Wildman–Crippen LogP) is -0.158. The molecule has 2 aliphatic rings. The van der Waals surface area contributed by atoms with Gasteiger partial charge >= 0.3 is 0 Å². The van der Waals surface area contributed by atoms with Crippen molar-refractivity contribution in [3.63, 3.8) is 0 Å². The Morgan fingerprint density at radius 3 is 2.60 bits per heavy atom. The van der Waals surface area contributed by atoms with Crippen LogP contribution in [0.2, 0.25) is 0 Å². The minimum Gasteiger partial charge on any atom is -0.378 e. The number of halogens is 2. The molecule has 86 valence electrons. The predicted molar refractivity (Wildman–Crippen MR) is 48.8 cm³/mol. The summed E-state index contributed by atoms with van der Waals surface area (Å²) < 4.78 is 30.8. The van der Waals surface area contributed by atoms with Crippen LogP contribution < -0.4 is 5.32 Å². The average molecular weight is 220 g/mol. The van der Waals surface area contributed by atoms with Gasteiger partial charge in [-0.2, -0.15) is 0 Å². The SMILES string of the molecule is O=C([C@@H]1CC(F)(F)CN1)N1CCOCC1. The number of nitrogens with zero attached hydrogens (tertiary/aromatic N) is 1. The minimum atomic E-state index is -2.74. The van der Waals surface area contributed by atoms with Gasteiger partial charge in [0.25, 0.3) is 5.92 Å². The van der Waals surface area contributed by atoms with E-state index in [-0.39, 0.29) is 12.3 Å². The Hall–Kier alpha value is -0.750. The molecule has 1 N–H and O–H groups in total. The van der Waals surface area contributed by atoms with Crippen LogP contribution >= 0.6 is 0 Å². The van der Waals surface area contributed by atoms with Crippen molar-refractivity contribution in [2.24, 2.45) is 0 Å². The van der Waals surface area contributed by atoms with Gasteiger partial charge in [-0.25, -0.2) is 8.78 Å². The molecular formula is C9H14F2N2O2. The highest BCUT2D eigenvalue weighted by Gasteiger charge is 2.43. The Morgan fingerprint density at radius 2 is 2.07 bits per heavy atom. The fourth-order valence-corrected chi connectivity index (χ4v) is 1.89. The third kappa shape index (κ3) is 2.43. The molecule has 2 saturated heterocycles. The summed E-state index contributed by atoms with van der Waals surface area (Å²) in [5.41, 5.74) is 0. The molecule has 0 bridgehead atoms. The van der Waals surface area contributed by atoms with Crippen molar-refractivity contribution in [2.45, 2.75) is 18.4 Å². The van der Waals surface area contributed by atoms with Gasteiger partial charge in [0, 0.05) is 19.5 Å². The maximum Gasteiger partial charge on any atom is 0.262 e. The van der Waals surface area contributed by atoms with Crippen LogP contribution in [0, 0.1) is 0 Å². The molecule has 15 heavy (non-hydrogen) atoms. The normalized spacial score (nSPS) is 30.5. The zero-order valence-electron chi connectivity index (χ0n) is 8.34. The van der Waals surface area contributed by atoms with E-state index in [9.17, 15) is 13.6 Å². The van der Waals surface area contributed by atoms with E-state index >= 15 is 0 Å². The number of nitrogens with one attached hydrogen (secondary N) is 1. The molecule has 0 aliphatic carbocycles. The molecule has 2 heterocycles. The molecule has 1 atom stereocenters. The molecule has 6 heteroatoms. The Labute approximate surface area is 86.6 Å². The van der Waals surface area contributed by atoms with E-state index in [2.05, 4.69) is 5.32 Å². The summed E-state index contributed by atoms with van der Waals surface area (Å²) in [4.78, 5) is 13.3. The van der Waals surface area contributed by atoms with Crippen molar-refractivity contribution in [3.8, 4) is 0 Å². The number of carbonyl (C=O) groups excluding carboxylic acids is 1. The van der Waals surface area contributed by atoms with E-state index in [1.54, 1.807) is 4.90 Å². The smallest absolute Gasteiger partial charge is 0.262 e. The van der Waals surface area contributed by atoms with Gasteiger partial charge in [-0.15, -0.1) is 0 Å². The topological polar surface area (TPSA) is 41.6 Å². The largest absolute Gasteiger partial charge is 0.378 e. The van der Waals surface area contributed by atoms with E-state index < -0.39 is 18.5 Å². The van der Waals surface area contributed by atoms with E-state index in [4.69, 9.17) is 4.74 Å². The second kappa shape index (κ2) is 4.02. The van der Waals surface area contributed by atoms with Crippen LogP contribution in [-0.2, 0) is 9.53 Å². The highest BCUT2D eigenvalue weighted by molar-refractivity contribution is 5.82. The summed E-state index contributed by atoms with van der Waals surface area (Å²) >= 11 is 0. The van der Waals surface area contributed by atoms with Gasteiger partial charge in [0.15, 0.2) is 0 Å². The van der Waals surface area contributed by atoms with Crippen LogP contribution in [-0.4, -0.2) is 55.6 Å². The van der Waals surface area contributed by atoms with Gasteiger partial charge in [0.05, 0.1) is 25.8 Å². The fourth-order valence-electron chi connectivity index (χ4n) is 1.89. The van der Waals surface area contributed by atoms with Crippen LogP contribution in [0.3, 0.4) is 0 Å². The number of amides is 1. The van der Waals surface area contributed by atoms with Crippen molar-refractivity contribution < 1.29 is 18.3 Å². The molecule has 0 aromatic rings. The Morgan fingerprint density at radius 1 is 1.40 bits per heavy atom. The van der Waals surface area contributed by atoms with E-state index in [0.29, 0.717) is 26.3 Å². The number of hydrogen-bond donors (Lipinski definition) is 1. The first kappa shape index (κ1) is 10.8. The first-order chi connectivity index (χ1) is 7.08. The summed E-state index contributed by atoms with van der Waals surface area (Å²) in [6.45, 7) is 1.60. The number of hydrogen-bond acceptors (Lipinski definition) is 3. The molecule has 0 spiro atoms. The van der Waals surface area contributed by atoms with Gasteiger partial charge in [-0.1, -0.05) is 0 Å². The second-order valence-electron chi connectivity index (χ2n) is 3.93.